The molecule has 0 spiro atoms. The Morgan fingerprint density at radius 2 is 1.43 bits per heavy atom. The molecule has 0 atom stereocenters. The molecule has 2 nitrogen and oxygen atoms in total. The summed E-state index contributed by atoms with van der Waals surface area (Å²) in [5.41, 5.74) is 5.67. The van der Waals surface area contributed by atoms with Gasteiger partial charge in [-0.25, -0.2) is 0 Å². The van der Waals surface area contributed by atoms with Crippen LogP contribution in [-0.2, 0) is 4.74 Å². The molecule has 0 amide bonds. The first-order valence-electron chi connectivity index (χ1n) is 6.24. The van der Waals surface area contributed by atoms with Gasteiger partial charge in [-0.1, -0.05) is 12.8 Å². The van der Waals surface area contributed by atoms with Crippen LogP contribution in [0.25, 0.3) is 0 Å². The van der Waals surface area contributed by atoms with Gasteiger partial charge in [0.05, 0.1) is 12.2 Å². The Labute approximate surface area is 87.2 Å². The van der Waals surface area contributed by atoms with E-state index in [1.807, 2.05) is 0 Å². The average Bonchev–Trinajstić information content (AvgIpc) is 2.72. The van der Waals surface area contributed by atoms with E-state index in [2.05, 4.69) is 0 Å². The van der Waals surface area contributed by atoms with Gasteiger partial charge >= 0.3 is 0 Å². The lowest BCUT2D eigenvalue weighted by Gasteiger charge is -2.29. The van der Waals surface area contributed by atoms with Gasteiger partial charge in [-0.3, -0.25) is 0 Å². The van der Waals surface area contributed by atoms with E-state index in [0.717, 1.165) is 12.5 Å². The maximum absolute atomic E-state index is 6.10. The minimum absolute atomic E-state index is 0.556. The fourth-order valence-electron chi connectivity index (χ4n) is 2.80. The molecule has 0 aromatic heterocycles. The van der Waals surface area contributed by atoms with E-state index in [4.69, 9.17) is 10.5 Å². The van der Waals surface area contributed by atoms with Crippen LogP contribution in [0, 0.1) is 5.92 Å². The van der Waals surface area contributed by atoms with Crippen LogP contribution in [-0.4, -0.2) is 18.8 Å². The Balaban J connectivity index is 1.67. The van der Waals surface area contributed by atoms with Crippen molar-refractivity contribution in [3.8, 4) is 0 Å². The van der Waals surface area contributed by atoms with Crippen LogP contribution in [0.3, 0.4) is 0 Å². The molecule has 2 saturated carbocycles. The van der Waals surface area contributed by atoms with Crippen LogP contribution in [0.4, 0.5) is 0 Å². The van der Waals surface area contributed by atoms with E-state index in [1.165, 1.54) is 51.4 Å². The van der Waals surface area contributed by atoms with E-state index >= 15 is 0 Å². The third-order valence-electron chi connectivity index (χ3n) is 3.81. The Morgan fingerprint density at radius 1 is 0.857 bits per heavy atom. The summed E-state index contributed by atoms with van der Waals surface area (Å²) in [6.07, 6.45) is 11.6. The SMILES string of the molecule is NCC1CCC(OC2CCCC2)CC1. The van der Waals surface area contributed by atoms with Gasteiger partial charge in [0.15, 0.2) is 0 Å². The molecule has 0 saturated heterocycles. The zero-order valence-corrected chi connectivity index (χ0v) is 9.08. The molecule has 2 rings (SSSR count). The van der Waals surface area contributed by atoms with Crippen LogP contribution in [0.5, 0.6) is 0 Å². The minimum atomic E-state index is 0.556. The molecule has 82 valence electrons. The lowest BCUT2D eigenvalue weighted by molar-refractivity contribution is -0.0322. The van der Waals surface area contributed by atoms with Crippen LogP contribution in [0.15, 0.2) is 0 Å². The van der Waals surface area contributed by atoms with E-state index in [9.17, 15) is 0 Å². The summed E-state index contributed by atoms with van der Waals surface area (Å²) < 4.78 is 6.10. The highest BCUT2D eigenvalue weighted by Crippen LogP contribution is 2.29. The summed E-state index contributed by atoms with van der Waals surface area (Å²) in [7, 11) is 0. The molecule has 0 aromatic rings. The zero-order valence-electron chi connectivity index (χ0n) is 9.08. The summed E-state index contributed by atoms with van der Waals surface area (Å²) in [6.45, 7) is 0.871. The molecule has 2 heteroatoms. The Kier molecular flexibility index (Phi) is 3.82. The second-order valence-electron chi connectivity index (χ2n) is 4.92. The smallest absolute Gasteiger partial charge is 0.0579 e. The average molecular weight is 197 g/mol. The Morgan fingerprint density at radius 3 is 2.00 bits per heavy atom. The van der Waals surface area contributed by atoms with Crippen LogP contribution < -0.4 is 5.73 Å². The first kappa shape index (κ1) is 10.4. The lowest BCUT2D eigenvalue weighted by atomic mass is 9.87. The van der Waals surface area contributed by atoms with Crippen molar-refractivity contribution >= 4 is 0 Å². The van der Waals surface area contributed by atoms with Gasteiger partial charge in [0.2, 0.25) is 0 Å². The first-order chi connectivity index (χ1) is 6.88. The minimum Gasteiger partial charge on any atom is -0.375 e. The zero-order chi connectivity index (χ0) is 9.80. The lowest BCUT2D eigenvalue weighted by Crippen LogP contribution is -2.28. The standard InChI is InChI=1S/C12H23NO/c13-9-10-5-7-12(8-6-10)14-11-3-1-2-4-11/h10-12H,1-9,13H2. The highest BCUT2D eigenvalue weighted by molar-refractivity contribution is 4.76. The molecular weight excluding hydrogens is 174 g/mol. The Hall–Kier alpha value is -0.0800. The highest BCUT2D eigenvalue weighted by Gasteiger charge is 2.24. The van der Waals surface area contributed by atoms with Crippen molar-refractivity contribution in [2.24, 2.45) is 11.7 Å². The summed E-state index contributed by atoms with van der Waals surface area (Å²) >= 11 is 0. The summed E-state index contributed by atoms with van der Waals surface area (Å²) in [4.78, 5) is 0. The molecule has 0 bridgehead atoms. The second-order valence-corrected chi connectivity index (χ2v) is 4.92. The van der Waals surface area contributed by atoms with E-state index < -0.39 is 0 Å². The quantitative estimate of drug-likeness (QED) is 0.754. The van der Waals surface area contributed by atoms with Gasteiger partial charge in [0, 0.05) is 0 Å². The monoisotopic (exact) mass is 197 g/mol. The number of rotatable bonds is 3. The predicted molar refractivity (Wildman–Crippen MR) is 58.1 cm³/mol. The summed E-state index contributed by atoms with van der Waals surface area (Å²) in [5, 5.41) is 0. The molecule has 2 aliphatic carbocycles. The van der Waals surface area contributed by atoms with Crippen molar-refractivity contribution in [2.75, 3.05) is 6.54 Å². The number of hydrogen-bond acceptors (Lipinski definition) is 2. The molecule has 0 unspecified atom stereocenters. The molecule has 0 heterocycles. The molecule has 14 heavy (non-hydrogen) atoms. The predicted octanol–water partition coefficient (Wildman–Crippen LogP) is 2.46. The van der Waals surface area contributed by atoms with Crippen molar-refractivity contribution in [3.63, 3.8) is 0 Å². The normalized spacial score (nSPS) is 34.9. The highest BCUT2D eigenvalue weighted by atomic mass is 16.5. The van der Waals surface area contributed by atoms with Gasteiger partial charge in [-0.15, -0.1) is 0 Å². The Bertz CT molecular complexity index is 158. The molecule has 2 aliphatic rings. The molecule has 0 radical (unpaired) electrons. The van der Waals surface area contributed by atoms with Crippen LogP contribution in [0.1, 0.15) is 51.4 Å². The van der Waals surface area contributed by atoms with Crippen LogP contribution in [0.2, 0.25) is 0 Å². The maximum atomic E-state index is 6.10. The van der Waals surface area contributed by atoms with E-state index in [1.54, 1.807) is 0 Å². The number of nitrogens with two attached hydrogens (primary N) is 1. The fraction of sp³-hybridized carbons (Fsp3) is 1.00. The van der Waals surface area contributed by atoms with Crippen molar-refractivity contribution in [1.29, 1.82) is 0 Å². The van der Waals surface area contributed by atoms with Crippen molar-refractivity contribution in [1.82, 2.24) is 0 Å². The van der Waals surface area contributed by atoms with Gasteiger partial charge in [0.1, 0.15) is 0 Å². The molecule has 0 aliphatic heterocycles. The summed E-state index contributed by atoms with van der Waals surface area (Å²) in [6, 6.07) is 0. The molecule has 0 aromatic carbocycles. The van der Waals surface area contributed by atoms with Crippen LogP contribution >= 0.6 is 0 Å². The van der Waals surface area contributed by atoms with Crippen molar-refractivity contribution < 1.29 is 4.74 Å². The third-order valence-corrected chi connectivity index (χ3v) is 3.81. The second kappa shape index (κ2) is 5.13. The van der Waals surface area contributed by atoms with E-state index in [0.29, 0.717) is 12.2 Å². The third kappa shape index (κ3) is 2.71. The van der Waals surface area contributed by atoms with Gasteiger partial charge < -0.3 is 10.5 Å². The van der Waals surface area contributed by atoms with Crippen molar-refractivity contribution in [3.05, 3.63) is 0 Å². The molecular formula is C12H23NO. The van der Waals surface area contributed by atoms with Gasteiger partial charge in [-0.2, -0.15) is 0 Å². The van der Waals surface area contributed by atoms with Gasteiger partial charge in [0.25, 0.3) is 0 Å². The van der Waals surface area contributed by atoms with E-state index in [-0.39, 0.29) is 0 Å². The van der Waals surface area contributed by atoms with Gasteiger partial charge in [-0.05, 0) is 51.0 Å². The van der Waals surface area contributed by atoms with Crippen molar-refractivity contribution in [2.45, 2.75) is 63.6 Å². The number of hydrogen-bond donors (Lipinski definition) is 1. The fourth-order valence-corrected chi connectivity index (χ4v) is 2.80. The molecule has 2 N–H and O–H groups in total. The number of ether oxygens (including phenoxy) is 1. The topological polar surface area (TPSA) is 35.2 Å². The largest absolute Gasteiger partial charge is 0.375 e. The first-order valence-corrected chi connectivity index (χ1v) is 6.24. The molecule has 2 fully saturated rings. The summed E-state index contributed by atoms with van der Waals surface area (Å²) in [5.74, 6) is 0.776. The maximum Gasteiger partial charge on any atom is 0.0579 e.